The first-order valence-corrected chi connectivity index (χ1v) is 18.0. The minimum absolute atomic E-state index is 0.0115. The van der Waals surface area contributed by atoms with Crippen LogP contribution in [0, 0.1) is 12.8 Å². The van der Waals surface area contributed by atoms with Gasteiger partial charge in [0.1, 0.15) is 11.6 Å². The summed E-state index contributed by atoms with van der Waals surface area (Å²) in [5, 5.41) is 6.48. The molecule has 1 saturated carbocycles. The molecule has 8 nitrogen and oxygen atoms in total. The molecule has 1 saturated heterocycles. The van der Waals surface area contributed by atoms with Crippen LogP contribution in [0.5, 0.6) is 0 Å². The van der Waals surface area contributed by atoms with Crippen molar-refractivity contribution in [2.24, 2.45) is 10.9 Å². The van der Waals surface area contributed by atoms with E-state index in [4.69, 9.17) is 10.2 Å². The highest BCUT2D eigenvalue weighted by atomic mass is 16.4. The second kappa shape index (κ2) is 22.5. The number of Topliss-reactive ketones (excluding diaryl/α,β-unsaturated/α-hetero) is 1. The summed E-state index contributed by atoms with van der Waals surface area (Å²) in [7, 11) is 0. The molecule has 270 valence electrons. The van der Waals surface area contributed by atoms with E-state index >= 15 is 0 Å². The van der Waals surface area contributed by atoms with Gasteiger partial charge in [-0.1, -0.05) is 85.1 Å². The van der Waals surface area contributed by atoms with E-state index in [-0.39, 0.29) is 11.2 Å². The van der Waals surface area contributed by atoms with Crippen LogP contribution < -0.4 is 26.7 Å². The van der Waals surface area contributed by atoms with Crippen molar-refractivity contribution < 1.29 is 9.21 Å². The molecule has 8 heteroatoms. The molecule has 0 unspecified atom stereocenters. The molecular formula is C41H63N5O3. The molecule has 4 N–H and O–H groups in total. The van der Waals surface area contributed by atoms with Crippen LogP contribution in [0.25, 0.3) is 5.57 Å². The fraction of sp³-hybridized carbons (Fsp3) is 0.488. The smallest absolute Gasteiger partial charge is 0.200 e. The Balaban J connectivity index is 0.00000105. The maximum atomic E-state index is 12.8. The molecule has 0 radical (unpaired) electrons. The number of ketones is 1. The van der Waals surface area contributed by atoms with E-state index in [1.54, 1.807) is 19.9 Å². The molecular weight excluding hydrogens is 610 g/mol. The van der Waals surface area contributed by atoms with Crippen molar-refractivity contribution in [3.05, 3.63) is 93.2 Å². The monoisotopic (exact) mass is 673 g/mol. The molecule has 4 rings (SSSR count). The summed E-state index contributed by atoms with van der Waals surface area (Å²) in [6.07, 6.45) is 11.6. The van der Waals surface area contributed by atoms with Crippen LogP contribution in [0.1, 0.15) is 112 Å². The number of nitrogen functional groups attached to an aromatic ring is 1. The molecule has 0 bridgehead atoms. The summed E-state index contributed by atoms with van der Waals surface area (Å²) in [6.45, 7) is 28.4. The Labute approximate surface area is 296 Å². The lowest BCUT2D eigenvalue weighted by Gasteiger charge is -2.28. The summed E-state index contributed by atoms with van der Waals surface area (Å²) in [4.78, 5) is 31.1. The second-order valence-corrected chi connectivity index (χ2v) is 11.9. The third-order valence-corrected chi connectivity index (χ3v) is 8.38. The molecule has 1 aliphatic carbocycles. The summed E-state index contributed by atoms with van der Waals surface area (Å²) in [5.41, 5.74) is 11.9. The van der Waals surface area contributed by atoms with E-state index in [0.717, 1.165) is 54.5 Å². The number of hydrogen-bond donors (Lipinski definition) is 3. The van der Waals surface area contributed by atoms with Crippen molar-refractivity contribution in [3.8, 4) is 0 Å². The highest BCUT2D eigenvalue weighted by Crippen LogP contribution is 2.32. The summed E-state index contributed by atoms with van der Waals surface area (Å²) < 4.78 is 6.30. The zero-order chi connectivity index (χ0) is 37.1. The fourth-order valence-electron chi connectivity index (χ4n) is 5.43. The number of carbonyl (C=O) groups is 1. The van der Waals surface area contributed by atoms with Crippen LogP contribution in [0.3, 0.4) is 0 Å². The maximum Gasteiger partial charge on any atom is 0.200 e. The Kier molecular flexibility index (Phi) is 19.6. The third-order valence-electron chi connectivity index (χ3n) is 8.38. The van der Waals surface area contributed by atoms with Gasteiger partial charge in [-0.25, -0.2) is 4.99 Å². The van der Waals surface area contributed by atoms with Gasteiger partial charge < -0.3 is 25.7 Å². The lowest BCUT2D eigenvalue weighted by molar-refractivity contribution is -0.113. The van der Waals surface area contributed by atoms with Gasteiger partial charge in [-0.2, -0.15) is 0 Å². The minimum atomic E-state index is -0.0613. The van der Waals surface area contributed by atoms with Gasteiger partial charge in [0.15, 0.2) is 17.1 Å². The van der Waals surface area contributed by atoms with Gasteiger partial charge in [-0.15, -0.1) is 0 Å². The van der Waals surface area contributed by atoms with Crippen molar-refractivity contribution in [1.29, 1.82) is 0 Å². The Bertz CT molecular complexity index is 1550. The van der Waals surface area contributed by atoms with Crippen LogP contribution in [0.15, 0.2) is 80.2 Å². The zero-order valence-electron chi connectivity index (χ0n) is 32.2. The third kappa shape index (κ3) is 13.3. The number of hydrogen-bond acceptors (Lipinski definition) is 8. The van der Waals surface area contributed by atoms with Gasteiger partial charge in [-0.3, -0.25) is 9.59 Å². The zero-order valence-corrected chi connectivity index (χ0v) is 32.2. The molecule has 2 aromatic rings. The number of piperazine rings is 1. The van der Waals surface area contributed by atoms with Gasteiger partial charge in [0.25, 0.3) is 0 Å². The largest absolute Gasteiger partial charge is 0.440 e. The molecule has 1 aliphatic heterocycles. The number of nitrogens with two attached hydrogens (primary N) is 1. The van der Waals surface area contributed by atoms with Crippen molar-refractivity contribution in [3.63, 3.8) is 0 Å². The van der Waals surface area contributed by atoms with E-state index in [1.807, 2.05) is 84.9 Å². The summed E-state index contributed by atoms with van der Waals surface area (Å²) >= 11 is 0. The molecule has 2 aliphatic rings. The van der Waals surface area contributed by atoms with E-state index < -0.39 is 0 Å². The van der Waals surface area contributed by atoms with Crippen LogP contribution >= 0.6 is 0 Å². The first-order chi connectivity index (χ1) is 23.4. The van der Waals surface area contributed by atoms with E-state index in [0.29, 0.717) is 40.0 Å². The van der Waals surface area contributed by atoms with Crippen LogP contribution in [0.4, 0.5) is 17.3 Å². The maximum absolute atomic E-state index is 12.8. The Morgan fingerprint density at radius 3 is 2.14 bits per heavy atom. The van der Waals surface area contributed by atoms with E-state index in [2.05, 4.69) is 34.0 Å². The van der Waals surface area contributed by atoms with Gasteiger partial charge in [0, 0.05) is 49.1 Å². The number of allylic oxidation sites excluding steroid dienone is 5. The van der Waals surface area contributed by atoms with Crippen molar-refractivity contribution >= 4 is 34.3 Å². The molecule has 2 heterocycles. The normalized spacial score (nSPS) is 15.6. The topological polar surface area (TPSA) is 113 Å². The molecule has 1 aromatic heterocycles. The van der Waals surface area contributed by atoms with Gasteiger partial charge in [0.05, 0.1) is 11.4 Å². The molecule has 2 fully saturated rings. The van der Waals surface area contributed by atoms with Crippen molar-refractivity contribution in [1.82, 2.24) is 5.32 Å². The predicted octanol–water partition coefficient (Wildman–Crippen LogP) is 9.47. The van der Waals surface area contributed by atoms with E-state index in [9.17, 15) is 9.59 Å². The predicted molar refractivity (Wildman–Crippen MR) is 213 cm³/mol. The molecule has 49 heavy (non-hydrogen) atoms. The first-order valence-electron chi connectivity index (χ1n) is 18.0. The Hall–Kier alpha value is -4.17. The Morgan fingerprint density at radius 1 is 1.04 bits per heavy atom. The lowest BCUT2D eigenvalue weighted by atomic mass is 9.99. The number of rotatable bonds is 9. The second-order valence-electron chi connectivity index (χ2n) is 11.9. The number of nitrogens with one attached hydrogen (secondary N) is 2. The molecule has 0 spiro atoms. The highest BCUT2D eigenvalue weighted by Gasteiger charge is 2.19. The standard InChI is InChI=1S/C31H39N5O3.C6H12.2C2H6/c1-8-24(16-19(3)22(6)37)21(5)34-23(7)35-28-11-10-25(17-27(28)32)26(9-2)31-20(4)29(38)18-30(39-31)36-14-12-33-13-15-36;1-6-4-2-3-5-6;2*1-2/h8-11,16-18,33,35H,7,12-15,32H2,1-6H3;6H,2-5H2,1H3;2*1-2H3/b19-16+,24-8-,26-9-,34-21-;;;. The van der Waals surface area contributed by atoms with Crippen LogP contribution in [-0.4, -0.2) is 37.7 Å². The Morgan fingerprint density at radius 2 is 1.65 bits per heavy atom. The number of carbonyl (C=O) groups excluding carboxylic acids is 1. The quantitative estimate of drug-likeness (QED) is 0.105. The van der Waals surface area contributed by atoms with E-state index in [1.165, 1.54) is 32.6 Å². The van der Waals surface area contributed by atoms with Gasteiger partial charge in [-0.05, 0) is 82.4 Å². The van der Waals surface area contributed by atoms with Gasteiger partial charge >= 0.3 is 0 Å². The minimum Gasteiger partial charge on any atom is -0.440 e. The summed E-state index contributed by atoms with van der Waals surface area (Å²) in [6, 6.07) is 7.19. The summed E-state index contributed by atoms with van der Waals surface area (Å²) in [5.74, 6) is 2.58. The molecule has 0 atom stereocenters. The lowest BCUT2D eigenvalue weighted by Crippen LogP contribution is -2.43. The number of benzene rings is 1. The van der Waals surface area contributed by atoms with Crippen molar-refractivity contribution in [2.45, 2.75) is 102 Å². The average Bonchev–Trinajstić information content (AvgIpc) is 3.59. The molecule has 1 aromatic carbocycles. The number of nitrogens with zero attached hydrogens (tertiary/aromatic N) is 2. The highest BCUT2D eigenvalue weighted by molar-refractivity contribution is 6.04. The average molecular weight is 674 g/mol. The number of anilines is 3. The van der Waals surface area contributed by atoms with Crippen LogP contribution in [0.2, 0.25) is 0 Å². The molecule has 0 amide bonds. The fourth-order valence-corrected chi connectivity index (χ4v) is 5.43. The van der Waals surface area contributed by atoms with Crippen LogP contribution in [-0.2, 0) is 4.79 Å². The van der Waals surface area contributed by atoms with Gasteiger partial charge in [0.2, 0.25) is 0 Å². The first kappa shape index (κ1) is 42.9. The van der Waals surface area contributed by atoms with Crippen molar-refractivity contribution in [2.75, 3.05) is 42.1 Å². The number of aliphatic imine (C=N–C) groups is 1. The SMILES string of the molecule is C=C(\N=C(C)/C(=C\C)/C=C(\C)C(C)=O)Nc1ccc(/C(=C/C)c2oc(N3CCNCC3)cc(=O)c2C)cc1N.CC.CC.CC1CCCC1.